The van der Waals surface area contributed by atoms with Crippen molar-refractivity contribution in [1.82, 2.24) is 10.9 Å². The van der Waals surface area contributed by atoms with Crippen molar-refractivity contribution in [3.8, 4) is 0 Å². The maximum Gasteiger partial charge on any atom is 0.269 e. The Morgan fingerprint density at radius 1 is 0.909 bits per heavy atom. The molecule has 2 amide bonds. The van der Waals surface area contributed by atoms with Gasteiger partial charge in [-0.2, -0.15) is 0 Å². The highest BCUT2D eigenvalue weighted by Crippen LogP contribution is 2.14. The highest BCUT2D eigenvalue weighted by Gasteiger charge is 2.08. The Balaban J connectivity index is 1.85. The van der Waals surface area contributed by atoms with E-state index in [0.717, 1.165) is 5.56 Å². The zero-order chi connectivity index (χ0) is 15.9. The summed E-state index contributed by atoms with van der Waals surface area (Å²) in [4.78, 5) is 23.7. The van der Waals surface area contributed by atoms with E-state index in [1.54, 1.807) is 12.1 Å². The quantitative estimate of drug-likeness (QED) is 0.852. The van der Waals surface area contributed by atoms with E-state index in [9.17, 15) is 9.59 Å². The van der Waals surface area contributed by atoms with Crippen LogP contribution in [0.1, 0.15) is 41.3 Å². The topological polar surface area (TPSA) is 58.2 Å². The van der Waals surface area contributed by atoms with E-state index >= 15 is 0 Å². The lowest BCUT2D eigenvalue weighted by atomic mass is 10.0. The maximum absolute atomic E-state index is 12.0. The van der Waals surface area contributed by atoms with Crippen LogP contribution >= 0.6 is 0 Å². The largest absolute Gasteiger partial charge is 0.273 e. The molecule has 2 aromatic carbocycles. The van der Waals surface area contributed by atoms with Gasteiger partial charge in [-0.3, -0.25) is 20.4 Å². The van der Waals surface area contributed by atoms with Crippen molar-refractivity contribution in [1.29, 1.82) is 0 Å². The van der Waals surface area contributed by atoms with Crippen LogP contribution < -0.4 is 10.9 Å². The highest BCUT2D eigenvalue weighted by atomic mass is 16.2. The molecule has 0 aliphatic rings. The number of hydrazine groups is 1. The fraction of sp³-hybridized carbons (Fsp3) is 0.222. The van der Waals surface area contributed by atoms with Gasteiger partial charge in [0, 0.05) is 5.56 Å². The molecule has 0 fully saturated rings. The first-order chi connectivity index (χ1) is 10.6. The Morgan fingerprint density at radius 3 is 2.14 bits per heavy atom. The smallest absolute Gasteiger partial charge is 0.269 e. The van der Waals surface area contributed by atoms with Crippen LogP contribution in [0.3, 0.4) is 0 Å². The summed E-state index contributed by atoms with van der Waals surface area (Å²) in [6, 6.07) is 16.7. The minimum Gasteiger partial charge on any atom is -0.273 e. The Labute approximate surface area is 130 Å². The molecule has 2 aromatic rings. The monoisotopic (exact) mass is 296 g/mol. The number of amides is 2. The van der Waals surface area contributed by atoms with Crippen molar-refractivity contribution in [2.45, 2.75) is 26.2 Å². The summed E-state index contributed by atoms with van der Waals surface area (Å²) in [5.41, 5.74) is 7.45. The van der Waals surface area contributed by atoms with Gasteiger partial charge >= 0.3 is 0 Å². The van der Waals surface area contributed by atoms with Gasteiger partial charge in [-0.1, -0.05) is 56.3 Å². The van der Waals surface area contributed by atoms with Gasteiger partial charge in [0.1, 0.15) is 0 Å². The van der Waals surface area contributed by atoms with Crippen LogP contribution in [-0.2, 0) is 11.2 Å². The molecule has 0 unspecified atom stereocenters. The third-order valence-corrected chi connectivity index (χ3v) is 3.36. The summed E-state index contributed by atoms with van der Waals surface area (Å²) in [7, 11) is 0. The van der Waals surface area contributed by atoms with E-state index in [4.69, 9.17) is 0 Å². The molecule has 0 saturated carbocycles. The molecular formula is C18H20N2O2. The van der Waals surface area contributed by atoms with Gasteiger partial charge in [0.15, 0.2) is 0 Å². The standard InChI is InChI=1S/C18H20N2O2/c1-13(2)15-8-10-16(11-9-15)18(22)20-19-17(21)12-14-6-4-3-5-7-14/h3-11,13H,12H2,1-2H3,(H,19,21)(H,20,22). The number of carbonyl (C=O) groups excluding carboxylic acids is 2. The molecule has 2 rings (SSSR count). The molecule has 0 aliphatic carbocycles. The zero-order valence-electron chi connectivity index (χ0n) is 12.8. The van der Waals surface area contributed by atoms with Gasteiger partial charge in [-0.15, -0.1) is 0 Å². The minimum atomic E-state index is -0.322. The fourth-order valence-electron chi connectivity index (χ4n) is 2.04. The number of hydrogen-bond acceptors (Lipinski definition) is 2. The summed E-state index contributed by atoms with van der Waals surface area (Å²) in [6.07, 6.45) is 0.230. The van der Waals surface area contributed by atoms with Gasteiger partial charge < -0.3 is 0 Å². The first-order valence-corrected chi connectivity index (χ1v) is 7.29. The van der Waals surface area contributed by atoms with Crippen molar-refractivity contribution >= 4 is 11.8 Å². The highest BCUT2D eigenvalue weighted by molar-refractivity contribution is 5.95. The summed E-state index contributed by atoms with van der Waals surface area (Å²) in [5.74, 6) is -0.155. The Morgan fingerprint density at radius 2 is 1.55 bits per heavy atom. The summed E-state index contributed by atoms with van der Waals surface area (Å²) in [5, 5.41) is 0. The Bertz CT molecular complexity index is 634. The SMILES string of the molecule is CC(C)c1ccc(C(=O)NNC(=O)Cc2ccccc2)cc1. The fourth-order valence-corrected chi connectivity index (χ4v) is 2.04. The van der Waals surface area contributed by atoms with E-state index in [0.29, 0.717) is 11.5 Å². The van der Waals surface area contributed by atoms with Crippen LogP contribution in [0.15, 0.2) is 54.6 Å². The molecule has 0 bridgehead atoms. The summed E-state index contributed by atoms with van der Waals surface area (Å²) in [6.45, 7) is 4.19. The first-order valence-electron chi connectivity index (χ1n) is 7.29. The van der Waals surface area contributed by atoms with E-state index in [1.165, 1.54) is 5.56 Å². The van der Waals surface area contributed by atoms with E-state index in [2.05, 4.69) is 24.7 Å². The molecule has 0 spiro atoms. The molecule has 114 valence electrons. The van der Waals surface area contributed by atoms with Crippen LogP contribution in [0.2, 0.25) is 0 Å². The van der Waals surface area contributed by atoms with Crippen molar-refractivity contribution in [3.63, 3.8) is 0 Å². The predicted molar refractivity (Wildman–Crippen MR) is 86.3 cm³/mol. The van der Waals surface area contributed by atoms with Crippen LogP contribution in [0.5, 0.6) is 0 Å². The molecule has 2 N–H and O–H groups in total. The average Bonchev–Trinajstić information content (AvgIpc) is 2.53. The van der Waals surface area contributed by atoms with Crippen molar-refractivity contribution in [2.75, 3.05) is 0 Å². The molecule has 0 saturated heterocycles. The van der Waals surface area contributed by atoms with Crippen LogP contribution in [-0.4, -0.2) is 11.8 Å². The zero-order valence-corrected chi connectivity index (χ0v) is 12.8. The van der Waals surface area contributed by atoms with Crippen molar-refractivity contribution < 1.29 is 9.59 Å². The lowest BCUT2D eigenvalue weighted by molar-refractivity contribution is -0.121. The molecule has 22 heavy (non-hydrogen) atoms. The molecule has 4 nitrogen and oxygen atoms in total. The van der Waals surface area contributed by atoms with Gasteiger partial charge in [-0.25, -0.2) is 0 Å². The van der Waals surface area contributed by atoms with Gasteiger partial charge in [-0.05, 0) is 29.2 Å². The second-order valence-electron chi connectivity index (χ2n) is 5.44. The first kappa shape index (κ1) is 15.8. The Hall–Kier alpha value is -2.62. The number of rotatable bonds is 4. The number of carbonyl (C=O) groups is 2. The summed E-state index contributed by atoms with van der Waals surface area (Å²) >= 11 is 0. The average molecular weight is 296 g/mol. The molecule has 0 radical (unpaired) electrons. The lowest BCUT2D eigenvalue weighted by Crippen LogP contribution is -2.42. The third kappa shape index (κ3) is 4.45. The molecule has 0 atom stereocenters. The second-order valence-corrected chi connectivity index (χ2v) is 5.44. The maximum atomic E-state index is 12.0. The minimum absolute atomic E-state index is 0.230. The van der Waals surface area contributed by atoms with Crippen molar-refractivity contribution in [3.05, 3.63) is 71.3 Å². The third-order valence-electron chi connectivity index (χ3n) is 3.36. The van der Waals surface area contributed by atoms with Gasteiger partial charge in [0.05, 0.1) is 6.42 Å². The van der Waals surface area contributed by atoms with E-state index in [1.807, 2.05) is 42.5 Å². The molecule has 0 aromatic heterocycles. The lowest BCUT2D eigenvalue weighted by Gasteiger charge is -2.09. The number of nitrogens with one attached hydrogen (secondary N) is 2. The van der Waals surface area contributed by atoms with Gasteiger partial charge in [0.25, 0.3) is 5.91 Å². The normalized spacial score (nSPS) is 10.3. The predicted octanol–water partition coefficient (Wildman–Crippen LogP) is 2.81. The molecule has 0 heterocycles. The Kier molecular flexibility index (Phi) is 5.31. The van der Waals surface area contributed by atoms with Crippen LogP contribution in [0.25, 0.3) is 0 Å². The van der Waals surface area contributed by atoms with E-state index < -0.39 is 0 Å². The number of hydrogen-bond donors (Lipinski definition) is 2. The molecule has 4 heteroatoms. The van der Waals surface area contributed by atoms with Crippen LogP contribution in [0, 0.1) is 0 Å². The van der Waals surface area contributed by atoms with E-state index in [-0.39, 0.29) is 18.2 Å². The molecular weight excluding hydrogens is 276 g/mol. The van der Waals surface area contributed by atoms with Crippen molar-refractivity contribution in [2.24, 2.45) is 0 Å². The van der Waals surface area contributed by atoms with Gasteiger partial charge in [0.2, 0.25) is 5.91 Å². The molecule has 0 aliphatic heterocycles. The number of benzene rings is 2. The van der Waals surface area contributed by atoms with Crippen LogP contribution in [0.4, 0.5) is 0 Å². The second kappa shape index (κ2) is 7.41. The summed E-state index contributed by atoms with van der Waals surface area (Å²) < 4.78 is 0.